The molecule has 0 atom stereocenters. The molecule has 1 aromatic carbocycles. The maximum Gasteiger partial charge on any atom is 0.254 e. The van der Waals surface area contributed by atoms with Crippen molar-refractivity contribution in [3.63, 3.8) is 0 Å². The molecule has 1 amide bonds. The van der Waals surface area contributed by atoms with Crippen molar-refractivity contribution in [2.75, 3.05) is 19.6 Å². The number of hydrogen-bond acceptors (Lipinski definition) is 3. The summed E-state index contributed by atoms with van der Waals surface area (Å²) in [6.45, 7) is 11.3. The second-order valence-corrected chi connectivity index (χ2v) is 8.09. The van der Waals surface area contributed by atoms with Gasteiger partial charge < -0.3 is 10.6 Å². The maximum absolute atomic E-state index is 12.9. The molecule has 2 heterocycles. The van der Waals surface area contributed by atoms with E-state index in [1.165, 1.54) is 5.56 Å². The molecule has 5 heteroatoms. The van der Waals surface area contributed by atoms with Crippen LogP contribution in [0.15, 0.2) is 30.5 Å². The number of rotatable bonds is 5. The SMILES string of the molecule is Cc1ccc(-n2ncc(C(=O)NCC3(C)CCNCC3)c2C(C)C)cc1. The predicted molar refractivity (Wildman–Crippen MR) is 105 cm³/mol. The van der Waals surface area contributed by atoms with Gasteiger partial charge in [0.25, 0.3) is 5.91 Å². The van der Waals surface area contributed by atoms with E-state index < -0.39 is 0 Å². The Bertz CT molecular complexity index is 755. The summed E-state index contributed by atoms with van der Waals surface area (Å²) in [7, 11) is 0. The molecule has 2 aromatic rings. The van der Waals surface area contributed by atoms with E-state index in [-0.39, 0.29) is 17.2 Å². The van der Waals surface area contributed by atoms with Gasteiger partial charge in [-0.3, -0.25) is 4.79 Å². The summed E-state index contributed by atoms with van der Waals surface area (Å²) < 4.78 is 1.89. The molecule has 1 aromatic heterocycles. The third-order valence-corrected chi connectivity index (χ3v) is 5.36. The molecule has 2 N–H and O–H groups in total. The van der Waals surface area contributed by atoms with E-state index in [1.807, 2.05) is 16.8 Å². The lowest BCUT2D eigenvalue weighted by molar-refractivity contribution is 0.0921. The van der Waals surface area contributed by atoms with Crippen molar-refractivity contribution in [1.82, 2.24) is 20.4 Å². The summed E-state index contributed by atoms with van der Waals surface area (Å²) in [5.74, 6) is 0.181. The third-order valence-electron chi connectivity index (χ3n) is 5.36. The molecular weight excluding hydrogens is 324 g/mol. The molecule has 3 rings (SSSR count). The van der Waals surface area contributed by atoms with E-state index in [2.05, 4.69) is 55.6 Å². The van der Waals surface area contributed by atoms with Crippen LogP contribution in [0.4, 0.5) is 0 Å². The van der Waals surface area contributed by atoms with E-state index >= 15 is 0 Å². The van der Waals surface area contributed by atoms with Crippen molar-refractivity contribution >= 4 is 5.91 Å². The highest BCUT2D eigenvalue weighted by Crippen LogP contribution is 2.27. The molecule has 1 saturated heterocycles. The number of amides is 1. The van der Waals surface area contributed by atoms with Crippen molar-refractivity contribution in [2.24, 2.45) is 5.41 Å². The van der Waals surface area contributed by atoms with Crippen molar-refractivity contribution in [3.8, 4) is 5.69 Å². The Kier molecular flexibility index (Phi) is 5.47. The number of carbonyl (C=O) groups is 1. The highest BCUT2D eigenvalue weighted by Gasteiger charge is 2.28. The Morgan fingerprint density at radius 2 is 1.92 bits per heavy atom. The van der Waals surface area contributed by atoms with Gasteiger partial charge in [0, 0.05) is 6.54 Å². The quantitative estimate of drug-likeness (QED) is 0.865. The molecule has 1 aliphatic heterocycles. The second kappa shape index (κ2) is 7.62. The van der Waals surface area contributed by atoms with Gasteiger partial charge in [-0.1, -0.05) is 38.5 Å². The van der Waals surface area contributed by atoms with Crippen LogP contribution >= 0.6 is 0 Å². The van der Waals surface area contributed by atoms with Crippen LogP contribution in [0.3, 0.4) is 0 Å². The molecule has 1 fully saturated rings. The summed E-state index contributed by atoms with van der Waals surface area (Å²) >= 11 is 0. The zero-order valence-corrected chi connectivity index (χ0v) is 16.3. The topological polar surface area (TPSA) is 59.0 Å². The molecular formula is C21H30N4O. The summed E-state index contributed by atoms with van der Waals surface area (Å²) in [6, 6.07) is 8.23. The van der Waals surface area contributed by atoms with Gasteiger partial charge >= 0.3 is 0 Å². The first-order valence-corrected chi connectivity index (χ1v) is 9.53. The van der Waals surface area contributed by atoms with Crippen LogP contribution in [0.25, 0.3) is 5.69 Å². The highest BCUT2D eigenvalue weighted by atomic mass is 16.1. The van der Waals surface area contributed by atoms with E-state index in [0.717, 1.165) is 37.3 Å². The highest BCUT2D eigenvalue weighted by molar-refractivity contribution is 5.95. The van der Waals surface area contributed by atoms with Crippen LogP contribution < -0.4 is 10.6 Å². The Morgan fingerprint density at radius 3 is 2.54 bits per heavy atom. The Balaban J connectivity index is 1.81. The van der Waals surface area contributed by atoms with Crippen LogP contribution in [0.2, 0.25) is 0 Å². The molecule has 0 bridgehead atoms. The number of aryl methyl sites for hydroxylation is 1. The Morgan fingerprint density at radius 1 is 1.27 bits per heavy atom. The zero-order chi connectivity index (χ0) is 18.7. The average Bonchev–Trinajstić information content (AvgIpc) is 3.06. The Labute approximate surface area is 156 Å². The predicted octanol–water partition coefficient (Wildman–Crippen LogP) is 3.42. The van der Waals surface area contributed by atoms with Crippen LogP contribution in [0.1, 0.15) is 61.1 Å². The summed E-state index contributed by atoms with van der Waals surface area (Å²) in [6.07, 6.45) is 3.88. The number of piperidine rings is 1. The maximum atomic E-state index is 12.9. The second-order valence-electron chi connectivity index (χ2n) is 8.09. The third kappa shape index (κ3) is 3.98. The fourth-order valence-corrected chi connectivity index (χ4v) is 3.58. The molecule has 0 aliphatic carbocycles. The standard InChI is InChI=1S/C21H30N4O/c1-15(2)19-18(13-24-25(19)17-7-5-16(3)6-8-17)20(26)23-14-21(4)9-11-22-12-10-21/h5-8,13,15,22H,9-12,14H2,1-4H3,(H,23,26). The van der Waals surface area contributed by atoms with Gasteiger partial charge in [-0.25, -0.2) is 4.68 Å². The fourth-order valence-electron chi connectivity index (χ4n) is 3.58. The average molecular weight is 354 g/mol. The lowest BCUT2D eigenvalue weighted by atomic mass is 9.81. The van der Waals surface area contributed by atoms with E-state index in [9.17, 15) is 4.79 Å². The monoisotopic (exact) mass is 354 g/mol. The smallest absolute Gasteiger partial charge is 0.254 e. The number of carbonyl (C=O) groups excluding carboxylic acids is 1. The van der Waals surface area contributed by atoms with Crippen LogP contribution in [0.5, 0.6) is 0 Å². The first-order valence-electron chi connectivity index (χ1n) is 9.53. The lowest BCUT2D eigenvalue weighted by Crippen LogP contribution is -2.43. The van der Waals surface area contributed by atoms with E-state index in [4.69, 9.17) is 0 Å². The lowest BCUT2D eigenvalue weighted by Gasteiger charge is -2.34. The normalized spacial score (nSPS) is 16.7. The minimum atomic E-state index is -0.0215. The molecule has 26 heavy (non-hydrogen) atoms. The molecule has 0 saturated carbocycles. The van der Waals surface area contributed by atoms with Gasteiger partial charge in [0.05, 0.1) is 23.1 Å². The van der Waals surface area contributed by atoms with Gasteiger partial charge in [0.1, 0.15) is 0 Å². The number of hydrogen-bond donors (Lipinski definition) is 2. The largest absolute Gasteiger partial charge is 0.351 e. The summed E-state index contributed by atoms with van der Waals surface area (Å²) in [5, 5.41) is 11.1. The molecule has 0 spiro atoms. The van der Waals surface area contributed by atoms with Crippen molar-refractivity contribution < 1.29 is 4.79 Å². The molecule has 140 valence electrons. The van der Waals surface area contributed by atoms with E-state index in [0.29, 0.717) is 12.1 Å². The van der Waals surface area contributed by atoms with Crippen molar-refractivity contribution in [2.45, 2.75) is 46.5 Å². The summed E-state index contributed by atoms with van der Waals surface area (Å²) in [4.78, 5) is 12.9. The molecule has 5 nitrogen and oxygen atoms in total. The van der Waals surface area contributed by atoms with Gasteiger partial charge in [-0.2, -0.15) is 5.10 Å². The molecule has 1 aliphatic rings. The Hall–Kier alpha value is -2.14. The molecule has 0 unspecified atom stereocenters. The van der Waals surface area contributed by atoms with Gasteiger partial charge in [-0.05, 0) is 56.3 Å². The minimum absolute atomic E-state index is 0.0215. The van der Waals surface area contributed by atoms with E-state index in [1.54, 1.807) is 6.20 Å². The van der Waals surface area contributed by atoms with Crippen LogP contribution in [-0.4, -0.2) is 35.3 Å². The van der Waals surface area contributed by atoms with Crippen LogP contribution in [0, 0.1) is 12.3 Å². The van der Waals surface area contributed by atoms with Crippen LogP contribution in [-0.2, 0) is 0 Å². The number of benzene rings is 1. The first-order chi connectivity index (χ1) is 12.4. The zero-order valence-electron chi connectivity index (χ0n) is 16.3. The summed E-state index contributed by atoms with van der Waals surface area (Å²) in [5.41, 5.74) is 4.01. The number of aromatic nitrogens is 2. The number of nitrogens with zero attached hydrogens (tertiary/aromatic N) is 2. The molecule has 0 radical (unpaired) electrons. The van der Waals surface area contributed by atoms with Gasteiger partial charge in [0.15, 0.2) is 0 Å². The number of nitrogens with one attached hydrogen (secondary N) is 2. The first kappa shape index (κ1) is 18.6. The van der Waals surface area contributed by atoms with Crippen molar-refractivity contribution in [1.29, 1.82) is 0 Å². The minimum Gasteiger partial charge on any atom is -0.351 e. The fraction of sp³-hybridized carbons (Fsp3) is 0.524. The van der Waals surface area contributed by atoms with Gasteiger partial charge in [0.2, 0.25) is 0 Å². The van der Waals surface area contributed by atoms with Gasteiger partial charge in [-0.15, -0.1) is 0 Å². The van der Waals surface area contributed by atoms with Crippen molar-refractivity contribution in [3.05, 3.63) is 47.3 Å².